The van der Waals surface area contributed by atoms with Gasteiger partial charge < -0.3 is 38.5 Å². The number of nitrogens with one attached hydrogen (secondary N) is 1. The molecule has 5 atom stereocenters. The third kappa shape index (κ3) is 13.8. The Kier molecular flexibility index (Phi) is 20.5. The van der Waals surface area contributed by atoms with Gasteiger partial charge in [-0.05, 0) is 0 Å². The molecule has 160 valence electrons. The van der Waals surface area contributed by atoms with Crippen LogP contribution in [0.3, 0.4) is 0 Å². The normalized spacial score (nSPS) is 23.8. The maximum absolute atomic E-state index is 11.8. The fraction of sp³-hybridized carbons (Fsp3) is 0.556. The first kappa shape index (κ1) is 39.9. The number of aliphatic hydroxyl groups excluding tert-OH is 1. The van der Waals surface area contributed by atoms with E-state index >= 15 is 0 Å². The molecular formula is C9H11N2Na4O13P3S. The van der Waals surface area contributed by atoms with E-state index in [9.17, 15) is 43.4 Å². The van der Waals surface area contributed by atoms with Crippen molar-refractivity contribution < 1.29 is 170 Å². The van der Waals surface area contributed by atoms with Crippen molar-refractivity contribution in [3.63, 3.8) is 0 Å². The van der Waals surface area contributed by atoms with Gasteiger partial charge in [-0.3, -0.25) is 27.5 Å². The van der Waals surface area contributed by atoms with Crippen LogP contribution in [-0.2, 0) is 38.8 Å². The fourth-order valence-electron chi connectivity index (χ4n) is 2.14. The van der Waals surface area contributed by atoms with Crippen LogP contribution in [-0.4, -0.2) is 33.5 Å². The van der Waals surface area contributed by atoms with E-state index in [2.05, 4.69) is 25.0 Å². The number of nitrogens with zero attached hydrogens (tertiary/aromatic N) is 1. The average molecular weight is 572 g/mol. The Morgan fingerprint density at radius 2 is 1.72 bits per heavy atom. The van der Waals surface area contributed by atoms with Crippen LogP contribution in [0.1, 0.15) is 12.6 Å². The van der Waals surface area contributed by atoms with Crippen LogP contribution < -0.4 is 149 Å². The van der Waals surface area contributed by atoms with Crippen LogP contribution in [0.2, 0.25) is 0 Å². The minimum Gasteiger partial charge on any atom is -0.790 e. The van der Waals surface area contributed by atoms with Crippen molar-refractivity contribution >= 4 is 34.2 Å². The average Bonchev–Trinajstić information content (AvgIpc) is 2.82. The van der Waals surface area contributed by atoms with Gasteiger partial charge in [0.15, 0.2) is 0 Å². The molecule has 2 heterocycles. The van der Waals surface area contributed by atoms with Crippen molar-refractivity contribution in [3.05, 3.63) is 33.1 Å². The summed E-state index contributed by atoms with van der Waals surface area (Å²) in [4.78, 5) is 68.3. The Balaban J connectivity index is -0.00000210. The molecule has 0 bridgehead atoms. The molecule has 32 heavy (non-hydrogen) atoms. The van der Waals surface area contributed by atoms with Gasteiger partial charge in [-0.1, -0.05) is 11.8 Å². The van der Waals surface area contributed by atoms with Gasteiger partial charge in [-0.2, -0.15) is 0 Å². The number of H-pyrrole nitrogens is 1. The van der Waals surface area contributed by atoms with Crippen molar-refractivity contribution in [2.24, 2.45) is 0 Å². The number of aromatic amines is 1. The van der Waals surface area contributed by atoms with Crippen molar-refractivity contribution in [2.75, 3.05) is 6.61 Å². The van der Waals surface area contributed by atoms with Crippen LogP contribution >= 0.6 is 22.4 Å². The molecule has 0 radical (unpaired) electrons. The molecule has 0 aromatic carbocycles. The Hall–Kier alpha value is 3.43. The minimum atomic E-state index is -6.02. The molecule has 0 saturated carbocycles. The minimum absolute atomic E-state index is 0. The summed E-state index contributed by atoms with van der Waals surface area (Å²) in [5.74, 6) is 0. The third-order valence-electron chi connectivity index (χ3n) is 3.16. The maximum Gasteiger partial charge on any atom is 1.00 e. The molecule has 1 saturated heterocycles. The van der Waals surface area contributed by atoms with Gasteiger partial charge in [0, 0.05) is 18.7 Å². The summed E-state index contributed by atoms with van der Waals surface area (Å²) in [6.07, 6.45) is -2.61. The molecule has 2 rings (SSSR count). The molecule has 0 amide bonds. The van der Waals surface area contributed by atoms with Gasteiger partial charge in [0.05, 0.1) is 20.5 Å². The first-order valence-electron chi connectivity index (χ1n) is 7.04. The quantitative estimate of drug-likeness (QED) is 0.217. The monoisotopic (exact) mass is 572 g/mol. The van der Waals surface area contributed by atoms with Gasteiger partial charge in [0.1, 0.15) is 19.1 Å². The number of hydrogen-bond acceptors (Lipinski definition) is 14. The molecule has 1 aliphatic heterocycles. The van der Waals surface area contributed by atoms with E-state index in [1.165, 1.54) is 0 Å². The van der Waals surface area contributed by atoms with E-state index in [-0.39, 0.29) is 125 Å². The Bertz CT molecular complexity index is 988. The Morgan fingerprint density at radius 3 is 2.22 bits per heavy atom. The van der Waals surface area contributed by atoms with E-state index < -0.39 is 58.7 Å². The summed E-state index contributed by atoms with van der Waals surface area (Å²) >= 11 is 4.24. The summed E-state index contributed by atoms with van der Waals surface area (Å²) in [7, 11) is -11.9. The summed E-state index contributed by atoms with van der Waals surface area (Å²) in [5, 5.41) is 9.93. The van der Waals surface area contributed by atoms with Crippen molar-refractivity contribution in [1.29, 1.82) is 0 Å². The van der Waals surface area contributed by atoms with Crippen LogP contribution in [0.5, 0.6) is 0 Å². The first-order chi connectivity index (χ1) is 12.7. The Morgan fingerprint density at radius 1 is 1.16 bits per heavy atom. The molecule has 2 unspecified atom stereocenters. The Labute approximate surface area is 274 Å². The third-order valence-corrected chi connectivity index (χ3v) is 7.74. The number of ether oxygens (including phenoxy) is 1. The van der Waals surface area contributed by atoms with E-state index in [0.29, 0.717) is 0 Å². The number of rotatable bonds is 8. The number of aromatic nitrogens is 2. The van der Waals surface area contributed by atoms with E-state index in [1.54, 1.807) is 0 Å². The smallest absolute Gasteiger partial charge is 0.790 e. The zero-order valence-corrected chi connectivity index (χ0v) is 28.8. The molecule has 23 heteroatoms. The SMILES string of the molecule is O=c1ccn([C@H]2C[C@H](O)[C@@H](COP([O-])(=S)OP(=O)([O-])OP(=O)([O-])[O-])O2)c(=O)[nH]1.[Na+].[Na+].[Na+].[Na+]. The summed E-state index contributed by atoms with van der Waals surface area (Å²) in [5.41, 5.74) is -1.48. The maximum atomic E-state index is 11.8. The fourth-order valence-corrected chi connectivity index (χ4v) is 5.92. The number of aliphatic hydroxyl groups is 1. The van der Waals surface area contributed by atoms with Gasteiger partial charge in [0.25, 0.3) is 13.4 Å². The molecule has 0 aliphatic carbocycles. The molecule has 1 aromatic heterocycles. The van der Waals surface area contributed by atoms with Gasteiger partial charge in [-0.15, -0.1) is 0 Å². The second-order valence-electron chi connectivity index (χ2n) is 5.25. The van der Waals surface area contributed by atoms with E-state index in [4.69, 9.17) is 4.74 Å². The van der Waals surface area contributed by atoms with Crippen molar-refractivity contribution in [2.45, 2.75) is 24.9 Å². The summed E-state index contributed by atoms with van der Waals surface area (Å²) in [6, 6.07) is 1.03. The number of hydrogen-bond donors (Lipinski definition) is 2. The molecule has 1 aromatic rings. The molecule has 0 spiro atoms. The van der Waals surface area contributed by atoms with Crippen LogP contribution in [0.15, 0.2) is 21.9 Å². The van der Waals surface area contributed by atoms with Crippen LogP contribution in [0.25, 0.3) is 0 Å². The second kappa shape index (κ2) is 16.4. The second-order valence-corrected chi connectivity index (χ2v) is 10.8. The molecule has 1 aliphatic rings. The predicted octanol–water partition coefficient (Wildman–Crippen LogP) is -15.9. The molecular weight excluding hydrogens is 561 g/mol. The van der Waals surface area contributed by atoms with Gasteiger partial charge >= 0.3 is 124 Å². The molecule has 2 N–H and O–H groups in total. The largest absolute Gasteiger partial charge is 1.00 e. The van der Waals surface area contributed by atoms with Crippen molar-refractivity contribution in [3.8, 4) is 0 Å². The van der Waals surface area contributed by atoms with Gasteiger partial charge in [-0.25, -0.2) is 4.79 Å². The van der Waals surface area contributed by atoms with E-state index in [1.807, 2.05) is 4.98 Å². The van der Waals surface area contributed by atoms with Gasteiger partial charge in [0.2, 0.25) is 0 Å². The number of phosphoric acid groups is 2. The van der Waals surface area contributed by atoms with E-state index in [0.717, 1.165) is 16.8 Å². The zero-order valence-electron chi connectivity index (χ0n) is 17.3. The first-order valence-corrected chi connectivity index (χ1v) is 12.5. The molecule has 15 nitrogen and oxygen atoms in total. The molecule has 1 fully saturated rings. The van der Waals surface area contributed by atoms with Crippen LogP contribution in [0.4, 0.5) is 0 Å². The summed E-state index contributed by atoms with van der Waals surface area (Å²) in [6.45, 7) is -5.70. The standard InChI is InChI=1S/C9H15N2O13P3S.4Na/c12-5-3-8(11-2-1-7(13)10-9(11)14)22-6(5)4-21-27(20,28)24-26(18,19)23-25(15,16)17;;;;/h1-2,5-6,8,12H,3-4H2,(H,18,19)(H,20,28)(H,10,13,14)(H2,15,16,17);;;;/q;4*+1/p-4/t5-,6+,8+,27?;;;;/m0..../s1. The van der Waals surface area contributed by atoms with Crippen LogP contribution in [0, 0.1) is 0 Å². The zero-order chi connectivity index (χ0) is 21.3. The summed E-state index contributed by atoms with van der Waals surface area (Å²) < 4.78 is 39.1. The van der Waals surface area contributed by atoms with Crippen molar-refractivity contribution in [1.82, 2.24) is 9.55 Å². The predicted molar refractivity (Wildman–Crippen MR) is 83.5 cm³/mol. The topological polar surface area (TPSA) is 238 Å².